The number of ether oxygens (including phenoxy) is 1. The number of piperazine rings is 1. The molecule has 0 spiro atoms. The summed E-state index contributed by atoms with van der Waals surface area (Å²) in [6.07, 6.45) is 5.00. The summed E-state index contributed by atoms with van der Waals surface area (Å²) in [6, 6.07) is 6.73. The first-order valence-corrected chi connectivity index (χ1v) is 16.9. The number of rotatable bonds is 8. The third-order valence-electron chi connectivity index (χ3n) is 9.64. The van der Waals surface area contributed by atoms with Crippen LogP contribution in [-0.4, -0.2) is 103 Å². The van der Waals surface area contributed by atoms with Gasteiger partial charge in [-0.1, -0.05) is 11.7 Å². The molecular weight excluding hydrogens is 602 g/mol. The summed E-state index contributed by atoms with van der Waals surface area (Å²) in [5.74, 6) is 1.71. The van der Waals surface area contributed by atoms with Crippen LogP contribution < -0.4 is 15.5 Å². The number of nitrogen functional groups attached to an aromatic ring is 1. The number of carbonyl (C=O) groups excluding carboxylic acids is 1. The molecule has 3 aromatic heterocycles. The van der Waals surface area contributed by atoms with Gasteiger partial charge in [-0.3, -0.25) is 9.69 Å². The zero-order valence-electron chi connectivity index (χ0n) is 27.0. The van der Waals surface area contributed by atoms with E-state index in [1.54, 1.807) is 7.11 Å². The first kappa shape index (κ1) is 32.0. The second-order valence-corrected chi connectivity index (χ2v) is 13.8. The maximum absolute atomic E-state index is 12.3. The van der Waals surface area contributed by atoms with Crippen LogP contribution in [0.2, 0.25) is 0 Å². The summed E-state index contributed by atoms with van der Waals surface area (Å²) >= 11 is 1.49. The molecule has 13 heteroatoms. The molecule has 1 amide bonds. The number of nitrogens with two attached hydrogens (primary N) is 1. The highest BCUT2D eigenvalue weighted by molar-refractivity contribution is 7.16. The Balaban J connectivity index is 1.36. The Morgan fingerprint density at radius 2 is 2.04 bits per heavy atom. The molecule has 0 aromatic carbocycles. The van der Waals surface area contributed by atoms with E-state index in [0.717, 1.165) is 73.8 Å². The predicted octanol–water partition coefficient (Wildman–Crippen LogP) is 3.67. The average Bonchev–Trinajstić information content (AvgIpc) is 3.65. The van der Waals surface area contributed by atoms with Crippen LogP contribution >= 0.6 is 11.3 Å². The fraction of sp³-hybridized carbons (Fsp3) is 0.545. The van der Waals surface area contributed by atoms with Crippen molar-refractivity contribution in [2.24, 2.45) is 0 Å². The molecular formula is C33H43N9O3S. The molecule has 0 bridgehead atoms. The second kappa shape index (κ2) is 13.4. The highest BCUT2D eigenvalue weighted by Crippen LogP contribution is 2.48. The van der Waals surface area contributed by atoms with Crippen LogP contribution in [0.5, 0.6) is 0 Å². The molecule has 6 rings (SSSR count). The monoisotopic (exact) mass is 645 g/mol. The summed E-state index contributed by atoms with van der Waals surface area (Å²) < 4.78 is 11.3. The van der Waals surface area contributed by atoms with Crippen LogP contribution in [0.25, 0.3) is 11.5 Å². The molecule has 2 aliphatic heterocycles. The van der Waals surface area contributed by atoms with E-state index in [1.165, 1.54) is 17.4 Å². The van der Waals surface area contributed by atoms with E-state index in [2.05, 4.69) is 52.4 Å². The second-order valence-electron chi connectivity index (χ2n) is 12.6. The summed E-state index contributed by atoms with van der Waals surface area (Å²) in [5, 5.41) is 15.0. The minimum absolute atomic E-state index is 0.0437. The van der Waals surface area contributed by atoms with Crippen molar-refractivity contribution in [2.45, 2.75) is 51.0 Å². The fourth-order valence-electron chi connectivity index (χ4n) is 7.13. The number of carbonyl (C=O) groups is 1. The van der Waals surface area contributed by atoms with Gasteiger partial charge in [-0.15, -0.1) is 11.3 Å². The Bertz CT molecular complexity index is 1620. The third-order valence-corrected chi connectivity index (χ3v) is 10.7. The lowest BCUT2D eigenvalue weighted by Gasteiger charge is -2.36. The van der Waals surface area contributed by atoms with Gasteiger partial charge in [0, 0.05) is 81.2 Å². The molecule has 3 aliphatic rings. The van der Waals surface area contributed by atoms with E-state index in [1.807, 2.05) is 11.0 Å². The van der Waals surface area contributed by atoms with Crippen LogP contribution in [0.4, 0.5) is 16.5 Å². The van der Waals surface area contributed by atoms with Crippen molar-refractivity contribution in [1.29, 1.82) is 5.26 Å². The van der Waals surface area contributed by atoms with Crippen molar-refractivity contribution in [1.82, 2.24) is 24.9 Å². The van der Waals surface area contributed by atoms with Crippen LogP contribution in [0.15, 0.2) is 29.3 Å². The number of hydrogen-bond donors (Lipinski definition) is 1. The summed E-state index contributed by atoms with van der Waals surface area (Å²) in [5.41, 5.74) is 8.73. The number of aromatic nitrogens is 3. The lowest BCUT2D eigenvalue weighted by Crippen LogP contribution is -2.48. The van der Waals surface area contributed by atoms with Gasteiger partial charge in [0.2, 0.25) is 17.6 Å². The van der Waals surface area contributed by atoms with E-state index >= 15 is 0 Å². The van der Waals surface area contributed by atoms with Gasteiger partial charge in [-0.05, 0) is 58.2 Å². The standard InChI is InChI=1S/C33H43N9O3S/c1-5-28(43)41-14-12-40(13-15-41)23-18-25(36-27(19-23)42-11-7-10-39(16-17-44-4)21-22(42)2)31-37-32(45-38-31)33(3)9-6-8-26-29(33)24(20-34)30(35)46-26/h5,18-19,22H,1,6-17,21,35H2,2-4H3/t22-,33-/m0/s1. The highest BCUT2D eigenvalue weighted by Gasteiger charge is 2.43. The van der Waals surface area contributed by atoms with E-state index in [0.29, 0.717) is 60.8 Å². The minimum atomic E-state index is -0.614. The normalized spacial score (nSPS) is 22.3. The van der Waals surface area contributed by atoms with Crippen LogP contribution in [0, 0.1) is 11.3 Å². The molecule has 2 atom stereocenters. The van der Waals surface area contributed by atoms with Gasteiger partial charge >= 0.3 is 0 Å². The van der Waals surface area contributed by atoms with Gasteiger partial charge in [-0.2, -0.15) is 10.2 Å². The minimum Gasteiger partial charge on any atom is -0.389 e. The first-order valence-electron chi connectivity index (χ1n) is 16.1. The maximum Gasteiger partial charge on any atom is 0.246 e. The van der Waals surface area contributed by atoms with Gasteiger partial charge < -0.3 is 29.7 Å². The van der Waals surface area contributed by atoms with Crippen molar-refractivity contribution in [3.63, 3.8) is 0 Å². The number of pyridine rings is 1. The molecule has 0 saturated carbocycles. The summed E-state index contributed by atoms with van der Waals surface area (Å²) in [6.45, 7) is 15.0. The van der Waals surface area contributed by atoms with Crippen molar-refractivity contribution >= 4 is 33.8 Å². The topological polar surface area (TPSA) is 141 Å². The smallest absolute Gasteiger partial charge is 0.246 e. The Kier molecular flexibility index (Phi) is 9.31. The number of nitriles is 1. The number of anilines is 3. The maximum atomic E-state index is 12.3. The Hall–Kier alpha value is -3.99. The molecule has 46 heavy (non-hydrogen) atoms. The average molecular weight is 646 g/mol. The SMILES string of the molecule is C=CC(=O)N1CCN(c2cc(-c3noc([C@@]4(C)CCCc5sc(N)c(C#N)c54)n3)nc(N3CCCN(CCOC)C[C@@H]3C)c2)CC1. The largest absolute Gasteiger partial charge is 0.389 e. The zero-order valence-corrected chi connectivity index (χ0v) is 27.8. The highest BCUT2D eigenvalue weighted by atomic mass is 32.1. The molecule has 3 aromatic rings. The van der Waals surface area contributed by atoms with Gasteiger partial charge in [0.15, 0.2) is 0 Å². The quantitative estimate of drug-likeness (QED) is 0.359. The Morgan fingerprint density at radius 1 is 1.24 bits per heavy atom. The molecule has 244 valence electrons. The number of nitrogens with zero attached hydrogens (tertiary/aromatic N) is 8. The molecule has 2 saturated heterocycles. The van der Waals surface area contributed by atoms with Crippen LogP contribution in [0.1, 0.15) is 55.0 Å². The number of aryl methyl sites for hydroxylation is 1. The molecule has 5 heterocycles. The predicted molar refractivity (Wildman–Crippen MR) is 179 cm³/mol. The summed E-state index contributed by atoms with van der Waals surface area (Å²) in [7, 11) is 1.74. The number of fused-ring (bicyclic) bond motifs is 1. The van der Waals surface area contributed by atoms with Crippen molar-refractivity contribution in [3.8, 4) is 17.6 Å². The van der Waals surface area contributed by atoms with Crippen molar-refractivity contribution < 1.29 is 14.1 Å². The van der Waals surface area contributed by atoms with E-state index in [-0.39, 0.29) is 11.9 Å². The Morgan fingerprint density at radius 3 is 2.78 bits per heavy atom. The molecule has 12 nitrogen and oxygen atoms in total. The lowest BCUT2D eigenvalue weighted by molar-refractivity contribution is -0.126. The van der Waals surface area contributed by atoms with Gasteiger partial charge in [0.05, 0.1) is 17.6 Å². The number of amides is 1. The molecule has 2 N–H and O–H groups in total. The van der Waals surface area contributed by atoms with Gasteiger partial charge in [0.1, 0.15) is 22.6 Å². The Labute approximate surface area is 274 Å². The first-order chi connectivity index (χ1) is 22.2. The van der Waals surface area contributed by atoms with E-state index in [4.69, 9.17) is 25.0 Å². The summed E-state index contributed by atoms with van der Waals surface area (Å²) in [4.78, 5) is 32.4. The third kappa shape index (κ3) is 6.09. The molecule has 1 aliphatic carbocycles. The van der Waals surface area contributed by atoms with Crippen LogP contribution in [0.3, 0.4) is 0 Å². The van der Waals surface area contributed by atoms with E-state index in [9.17, 15) is 10.1 Å². The number of methoxy groups -OCH3 is 1. The molecule has 0 unspecified atom stereocenters. The number of hydrogen-bond acceptors (Lipinski definition) is 12. The van der Waals surface area contributed by atoms with Gasteiger partial charge in [-0.25, -0.2) is 4.98 Å². The van der Waals surface area contributed by atoms with Crippen molar-refractivity contribution in [3.05, 3.63) is 46.7 Å². The molecule has 2 fully saturated rings. The fourth-order valence-corrected chi connectivity index (χ4v) is 8.32. The van der Waals surface area contributed by atoms with Gasteiger partial charge in [0.25, 0.3) is 0 Å². The van der Waals surface area contributed by atoms with E-state index < -0.39 is 5.41 Å². The van der Waals surface area contributed by atoms with Crippen LogP contribution in [-0.2, 0) is 21.4 Å². The zero-order chi connectivity index (χ0) is 32.4. The number of thiophene rings is 1. The lowest BCUT2D eigenvalue weighted by atomic mass is 9.72. The molecule has 0 radical (unpaired) electrons. The van der Waals surface area contributed by atoms with Crippen molar-refractivity contribution in [2.75, 3.05) is 81.6 Å².